The third-order valence-corrected chi connectivity index (χ3v) is 4.70. The number of carbonyl (C=O) groups is 1. The summed E-state index contributed by atoms with van der Waals surface area (Å²) in [6, 6.07) is 7.36. The topological polar surface area (TPSA) is 61.7 Å². The average molecular weight is 359 g/mol. The molecule has 2 aromatic rings. The molecule has 134 valence electrons. The minimum Gasteiger partial charge on any atom is -0.507 e. The molecule has 2 rings (SSSR count). The van der Waals surface area contributed by atoms with Crippen molar-refractivity contribution >= 4 is 23.5 Å². The lowest BCUT2D eigenvalue weighted by Crippen LogP contribution is -2.22. The molecule has 1 aromatic carbocycles. The van der Waals surface area contributed by atoms with Gasteiger partial charge >= 0.3 is 0 Å². The molecule has 0 aliphatic heterocycles. The molecular weight excluding hydrogens is 332 g/mol. The summed E-state index contributed by atoms with van der Waals surface area (Å²) in [5.41, 5.74) is 4.03. The molecule has 0 aliphatic rings. The van der Waals surface area contributed by atoms with Crippen LogP contribution in [0.5, 0.6) is 5.75 Å². The van der Waals surface area contributed by atoms with Gasteiger partial charge in [0.2, 0.25) is 0 Å². The Balaban J connectivity index is 2.38. The molecular formula is C20H26N2O2S. The van der Waals surface area contributed by atoms with Crippen molar-refractivity contribution in [2.45, 2.75) is 52.4 Å². The fourth-order valence-corrected chi connectivity index (χ4v) is 3.08. The van der Waals surface area contributed by atoms with Crippen molar-refractivity contribution < 1.29 is 9.90 Å². The van der Waals surface area contributed by atoms with E-state index in [4.69, 9.17) is 0 Å². The first kappa shape index (κ1) is 19.2. The Morgan fingerprint density at radius 1 is 1.12 bits per heavy atom. The zero-order valence-corrected chi connectivity index (χ0v) is 16.5. The number of phenolic OH excluding ortho intramolecular Hbond substituents is 1. The largest absolute Gasteiger partial charge is 0.507 e. The normalized spacial score (nSPS) is 12.6. The minimum absolute atomic E-state index is 0.263. The zero-order valence-electron chi connectivity index (χ0n) is 15.7. The number of amides is 1. The van der Waals surface area contributed by atoms with E-state index in [0.717, 1.165) is 16.0 Å². The van der Waals surface area contributed by atoms with E-state index in [1.807, 2.05) is 59.1 Å². The van der Waals surface area contributed by atoms with Crippen LogP contribution in [0.2, 0.25) is 0 Å². The fraction of sp³-hybridized carbons (Fsp3) is 0.400. The number of thiophene rings is 1. The summed E-state index contributed by atoms with van der Waals surface area (Å²) in [7, 11) is 0. The van der Waals surface area contributed by atoms with E-state index in [2.05, 4.69) is 10.5 Å². The molecule has 0 aliphatic carbocycles. The first-order chi connectivity index (χ1) is 11.5. The Hall–Kier alpha value is -2.14. The molecule has 4 nitrogen and oxygen atoms in total. The fourth-order valence-electron chi connectivity index (χ4n) is 2.49. The van der Waals surface area contributed by atoms with Crippen LogP contribution in [0.15, 0.2) is 34.7 Å². The lowest BCUT2D eigenvalue weighted by atomic mass is 9.78. The summed E-state index contributed by atoms with van der Waals surface area (Å²) >= 11 is 1.55. The van der Waals surface area contributed by atoms with E-state index >= 15 is 0 Å². The summed E-state index contributed by atoms with van der Waals surface area (Å²) in [4.78, 5) is 13.5. The number of aromatic hydroxyl groups is 1. The lowest BCUT2D eigenvalue weighted by molar-refractivity contribution is 0.0955. The number of hydrogen-bond acceptors (Lipinski definition) is 4. The highest BCUT2D eigenvalue weighted by molar-refractivity contribution is 7.11. The molecule has 0 bridgehead atoms. The number of nitrogens with zero attached hydrogens (tertiary/aromatic N) is 1. The third kappa shape index (κ3) is 4.69. The van der Waals surface area contributed by atoms with Gasteiger partial charge in [-0.25, -0.2) is 5.43 Å². The monoisotopic (exact) mass is 358 g/mol. The molecule has 1 aromatic heterocycles. The molecule has 25 heavy (non-hydrogen) atoms. The van der Waals surface area contributed by atoms with Crippen LogP contribution in [-0.2, 0) is 10.8 Å². The van der Waals surface area contributed by atoms with Crippen LogP contribution in [0.3, 0.4) is 0 Å². The summed E-state index contributed by atoms with van der Waals surface area (Å²) < 4.78 is 0. The first-order valence-corrected chi connectivity index (χ1v) is 9.13. The molecule has 5 heteroatoms. The molecule has 1 amide bonds. The van der Waals surface area contributed by atoms with Crippen molar-refractivity contribution in [3.8, 4) is 5.75 Å². The van der Waals surface area contributed by atoms with Crippen LogP contribution in [0.4, 0.5) is 0 Å². The van der Waals surface area contributed by atoms with Crippen molar-refractivity contribution in [3.05, 3.63) is 51.2 Å². The molecule has 0 atom stereocenters. The maximum atomic E-state index is 12.5. The Morgan fingerprint density at radius 2 is 1.68 bits per heavy atom. The Kier molecular flexibility index (Phi) is 5.37. The molecule has 0 spiro atoms. The second-order valence-corrected chi connectivity index (χ2v) is 9.11. The Morgan fingerprint density at radius 3 is 2.12 bits per heavy atom. The van der Waals surface area contributed by atoms with Gasteiger partial charge in [-0.3, -0.25) is 4.79 Å². The van der Waals surface area contributed by atoms with E-state index in [-0.39, 0.29) is 22.5 Å². The summed E-state index contributed by atoms with van der Waals surface area (Å²) in [5.74, 6) is -0.0255. The lowest BCUT2D eigenvalue weighted by Gasteiger charge is -2.28. The minimum atomic E-state index is -0.288. The zero-order chi connectivity index (χ0) is 18.8. The quantitative estimate of drug-likeness (QED) is 0.611. The van der Waals surface area contributed by atoms with Crippen molar-refractivity contribution in [1.29, 1.82) is 0 Å². The highest BCUT2D eigenvalue weighted by Crippen LogP contribution is 2.39. The smallest absolute Gasteiger partial charge is 0.271 e. The van der Waals surface area contributed by atoms with Crippen molar-refractivity contribution in [3.63, 3.8) is 0 Å². The van der Waals surface area contributed by atoms with Gasteiger partial charge in [-0.2, -0.15) is 5.10 Å². The van der Waals surface area contributed by atoms with Crippen LogP contribution in [0, 0.1) is 0 Å². The van der Waals surface area contributed by atoms with Crippen LogP contribution >= 0.6 is 11.3 Å². The third-order valence-electron chi connectivity index (χ3n) is 3.89. The molecule has 0 saturated heterocycles. The number of carbonyl (C=O) groups excluding carboxylic acids is 1. The average Bonchev–Trinajstić information content (AvgIpc) is 2.98. The van der Waals surface area contributed by atoms with E-state index < -0.39 is 0 Å². The van der Waals surface area contributed by atoms with Gasteiger partial charge in [0.15, 0.2) is 0 Å². The SMILES string of the molecule is CC(C)(C)c1cc(C(=O)N/N=C/c2cccs2)cc(C(C)(C)C)c1O. The molecule has 1 heterocycles. The summed E-state index contributed by atoms with van der Waals surface area (Å²) in [6.07, 6.45) is 1.62. The molecule has 0 radical (unpaired) electrons. The highest BCUT2D eigenvalue weighted by atomic mass is 32.1. The van der Waals surface area contributed by atoms with Gasteiger partial charge in [0.1, 0.15) is 5.75 Å². The van der Waals surface area contributed by atoms with Crippen molar-refractivity contribution in [1.82, 2.24) is 5.43 Å². The summed E-state index contributed by atoms with van der Waals surface area (Å²) in [5, 5.41) is 16.7. The second kappa shape index (κ2) is 7.00. The van der Waals surface area contributed by atoms with E-state index in [1.165, 1.54) is 0 Å². The number of hydrazone groups is 1. The highest BCUT2D eigenvalue weighted by Gasteiger charge is 2.27. The Bertz CT molecular complexity index is 744. The number of rotatable bonds is 3. The van der Waals surface area contributed by atoms with Gasteiger partial charge < -0.3 is 5.11 Å². The molecule has 2 N–H and O–H groups in total. The van der Waals surface area contributed by atoms with Crippen molar-refractivity contribution in [2.75, 3.05) is 0 Å². The molecule has 0 fully saturated rings. The van der Waals surface area contributed by atoms with Crippen LogP contribution in [0.1, 0.15) is 67.9 Å². The Labute approximate surface area is 153 Å². The van der Waals surface area contributed by atoms with Crippen LogP contribution in [-0.4, -0.2) is 17.2 Å². The van der Waals surface area contributed by atoms with Crippen molar-refractivity contribution in [2.24, 2.45) is 5.10 Å². The second-order valence-electron chi connectivity index (χ2n) is 8.13. The predicted molar refractivity (Wildman–Crippen MR) is 105 cm³/mol. The summed E-state index contributed by atoms with van der Waals surface area (Å²) in [6.45, 7) is 12.1. The maximum absolute atomic E-state index is 12.5. The van der Waals surface area contributed by atoms with Crippen LogP contribution < -0.4 is 5.43 Å². The van der Waals surface area contributed by atoms with Gasteiger partial charge in [0, 0.05) is 21.6 Å². The van der Waals surface area contributed by atoms with Gasteiger partial charge in [0.05, 0.1) is 6.21 Å². The molecule has 0 saturated carbocycles. The number of phenols is 1. The maximum Gasteiger partial charge on any atom is 0.271 e. The number of benzene rings is 1. The van der Waals surface area contributed by atoms with E-state index in [0.29, 0.717) is 5.56 Å². The number of hydrogen-bond donors (Lipinski definition) is 2. The standard InChI is InChI=1S/C20H26N2O2S/c1-19(2,3)15-10-13(11-16(17(15)23)20(4,5)6)18(24)22-21-12-14-8-7-9-25-14/h7-12,23H,1-6H3,(H,22,24)/b21-12+. The number of nitrogens with one attached hydrogen (secondary N) is 1. The first-order valence-electron chi connectivity index (χ1n) is 8.25. The predicted octanol–water partition coefficient (Wildman–Crippen LogP) is 4.81. The van der Waals surface area contributed by atoms with Gasteiger partial charge in [-0.1, -0.05) is 47.6 Å². The van der Waals surface area contributed by atoms with E-state index in [9.17, 15) is 9.90 Å². The van der Waals surface area contributed by atoms with Gasteiger partial charge in [0.25, 0.3) is 5.91 Å². The van der Waals surface area contributed by atoms with Gasteiger partial charge in [-0.15, -0.1) is 11.3 Å². The molecule has 0 unspecified atom stereocenters. The van der Waals surface area contributed by atoms with E-state index in [1.54, 1.807) is 29.7 Å². The van der Waals surface area contributed by atoms with Crippen LogP contribution in [0.25, 0.3) is 0 Å². The van der Waals surface area contributed by atoms with Gasteiger partial charge in [-0.05, 0) is 34.4 Å².